The first-order chi connectivity index (χ1) is 8.70. The molecule has 0 fully saturated rings. The predicted molar refractivity (Wildman–Crippen MR) is 86.5 cm³/mol. The summed E-state index contributed by atoms with van der Waals surface area (Å²) in [5.74, 6) is 0. The number of thiol groups is 1. The van der Waals surface area contributed by atoms with Gasteiger partial charge in [0.2, 0.25) is 0 Å². The van der Waals surface area contributed by atoms with Gasteiger partial charge >= 0.3 is 0 Å². The minimum Gasteiger partial charge on any atom is -0.131 e. The summed E-state index contributed by atoms with van der Waals surface area (Å²) in [6.45, 7) is 3.75. The Morgan fingerprint density at radius 1 is 1.11 bits per heavy atom. The van der Waals surface area contributed by atoms with Gasteiger partial charge in [0.05, 0.1) is 4.20 Å². The molecule has 0 aromatic heterocycles. The summed E-state index contributed by atoms with van der Waals surface area (Å²) >= 11 is 9.43. The van der Waals surface area contributed by atoms with Gasteiger partial charge in [-0.2, -0.15) is 0 Å². The Morgan fingerprint density at radius 2 is 1.78 bits per heavy atom. The Kier molecular flexibility index (Phi) is 4.34. The Balaban J connectivity index is 2.28. The van der Waals surface area contributed by atoms with Gasteiger partial charge in [0.25, 0.3) is 0 Å². The third kappa shape index (κ3) is 3.09. The van der Waals surface area contributed by atoms with Crippen molar-refractivity contribution in [2.75, 3.05) is 0 Å². The zero-order valence-electron chi connectivity index (χ0n) is 9.97. The van der Waals surface area contributed by atoms with Crippen LogP contribution in [0.1, 0.15) is 22.3 Å². The number of benzene rings is 2. The summed E-state index contributed by atoms with van der Waals surface area (Å²) < 4.78 is 0.647. The van der Waals surface area contributed by atoms with Crippen LogP contribution >= 0.6 is 24.8 Å². The molecule has 0 N–H and O–H groups in total. The Hall–Kier alpha value is -1.38. The minimum atomic E-state index is 0.647. The van der Waals surface area contributed by atoms with Crippen LogP contribution in [0, 0.1) is 0 Å². The molecule has 0 saturated heterocycles. The molecule has 2 aromatic rings. The van der Waals surface area contributed by atoms with Crippen molar-refractivity contribution in [1.29, 1.82) is 0 Å². The van der Waals surface area contributed by atoms with Crippen molar-refractivity contribution in [3.8, 4) is 0 Å². The number of hydrogen-bond acceptors (Lipinski definition) is 1. The van der Waals surface area contributed by atoms with Crippen LogP contribution in [-0.2, 0) is 6.42 Å². The van der Waals surface area contributed by atoms with E-state index in [0.717, 1.165) is 17.5 Å². The average Bonchev–Trinajstić information content (AvgIpc) is 2.40. The highest BCUT2D eigenvalue weighted by atomic mass is 32.1. The van der Waals surface area contributed by atoms with Gasteiger partial charge in [-0.05, 0) is 23.1 Å². The maximum absolute atomic E-state index is 5.16. The van der Waals surface area contributed by atoms with Gasteiger partial charge in [-0.25, -0.2) is 0 Å². The van der Waals surface area contributed by atoms with E-state index in [1.807, 2.05) is 24.3 Å². The van der Waals surface area contributed by atoms with E-state index < -0.39 is 0 Å². The van der Waals surface area contributed by atoms with E-state index in [-0.39, 0.29) is 0 Å². The molecule has 0 spiro atoms. The second kappa shape index (κ2) is 5.98. The van der Waals surface area contributed by atoms with E-state index in [4.69, 9.17) is 12.2 Å². The molecule has 0 amide bonds. The van der Waals surface area contributed by atoms with Crippen LogP contribution in [-0.4, -0.2) is 4.20 Å². The summed E-state index contributed by atoms with van der Waals surface area (Å²) in [6.07, 6.45) is 2.72. The lowest BCUT2D eigenvalue weighted by atomic mass is 10.00. The molecule has 2 rings (SSSR count). The summed E-state index contributed by atoms with van der Waals surface area (Å²) in [5, 5.41) is 0. The lowest BCUT2D eigenvalue weighted by Crippen LogP contribution is -1.97. The quantitative estimate of drug-likeness (QED) is 0.629. The number of rotatable bonds is 4. The van der Waals surface area contributed by atoms with E-state index in [1.54, 1.807) is 0 Å². The second-order valence-electron chi connectivity index (χ2n) is 4.08. The van der Waals surface area contributed by atoms with Crippen LogP contribution in [0.15, 0.2) is 55.1 Å². The molecule has 0 aliphatic rings. The lowest BCUT2D eigenvalue weighted by Gasteiger charge is -2.08. The highest BCUT2D eigenvalue weighted by Crippen LogP contribution is 2.17. The normalized spacial score (nSPS) is 10.1. The molecule has 0 aliphatic carbocycles. The standard InChI is InChI=1S/C16H14S2/c1-2-12-7-9-13(10-8-12)11-14-5-3-4-6-15(14)16(17)18/h2-10H,1,11H2,(H,17,18). The van der Waals surface area contributed by atoms with Crippen LogP contribution in [0.3, 0.4) is 0 Å². The van der Waals surface area contributed by atoms with Gasteiger partial charge in [0, 0.05) is 5.56 Å². The topological polar surface area (TPSA) is 0 Å². The highest BCUT2D eigenvalue weighted by molar-refractivity contribution is 8.11. The van der Waals surface area contributed by atoms with Gasteiger partial charge in [-0.3, -0.25) is 0 Å². The largest absolute Gasteiger partial charge is 0.131 e. The maximum atomic E-state index is 5.16. The van der Waals surface area contributed by atoms with Gasteiger partial charge < -0.3 is 0 Å². The van der Waals surface area contributed by atoms with Crippen LogP contribution < -0.4 is 0 Å². The van der Waals surface area contributed by atoms with Gasteiger partial charge in [-0.1, -0.05) is 73.4 Å². The first-order valence-corrected chi connectivity index (χ1v) is 6.59. The molecule has 90 valence electrons. The van der Waals surface area contributed by atoms with E-state index >= 15 is 0 Å². The molecular weight excluding hydrogens is 256 g/mol. The van der Waals surface area contributed by atoms with Crippen LogP contribution in [0.25, 0.3) is 6.08 Å². The van der Waals surface area contributed by atoms with Crippen LogP contribution in [0.2, 0.25) is 0 Å². The fraction of sp³-hybridized carbons (Fsp3) is 0.0625. The van der Waals surface area contributed by atoms with Crippen LogP contribution in [0.4, 0.5) is 0 Å². The Bertz CT molecular complexity index is 568. The van der Waals surface area contributed by atoms with Crippen molar-refractivity contribution in [2.24, 2.45) is 0 Å². The maximum Gasteiger partial charge on any atom is 0.0750 e. The van der Waals surface area contributed by atoms with Crippen molar-refractivity contribution in [1.82, 2.24) is 0 Å². The third-order valence-electron chi connectivity index (χ3n) is 2.86. The molecule has 0 nitrogen and oxygen atoms in total. The molecule has 18 heavy (non-hydrogen) atoms. The number of hydrogen-bond donors (Lipinski definition) is 1. The van der Waals surface area contributed by atoms with Gasteiger partial charge in [0.15, 0.2) is 0 Å². The summed E-state index contributed by atoms with van der Waals surface area (Å²) in [7, 11) is 0. The molecule has 0 bridgehead atoms. The molecular formula is C16H14S2. The SMILES string of the molecule is C=Cc1ccc(Cc2ccccc2C(=S)S)cc1. The van der Waals surface area contributed by atoms with Crippen molar-refractivity contribution < 1.29 is 0 Å². The molecule has 0 saturated carbocycles. The summed E-state index contributed by atoms with van der Waals surface area (Å²) in [4.78, 5) is 0. The molecule has 2 heteroatoms. The van der Waals surface area contributed by atoms with E-state index in [9.17, 15) is 0 Å². The summed E-state index contributed by atoms with van der Waals surface area (Å²) in [6, 6.07) is 16.5. The zero-order valence-corrected chi connectivity index (χ0v) is 11.7. The van der Waals surface area contributed by atoms with Crippen LogP contribution in [0.5, 0.6) is 0 Å². The predicted octanol–water partition coefficient (Wildman–Crippen LogP) is 4.53. The Morgan fingerprint density at radius 3 is 2.39 bits per heavy atom. The molecule has 0 radical (unpaired) electrons. The number of thiocarbonyl (C=S) groups is 1. The molecule has 0 atom stereocenters. The van der Waals surface area contributed by atoms with E-state index in [1.165, 1.54) is 11.1 Å². The average molecular weight is 270 g/mol. The first kappa shape index (κ1) is 13.1. The highest BCUT2D eigenvalue weighted by Gasteiger charge is 2.04. The van der Waals surface area contributed by atoms with Crippen molar-refractivity contribution in [3.63, 3.8) is 0 Å². The monoisotopic (exact) mass is 270 g/mol. The fourth-order valence-electron chi connectivity index (χ4n) is 1.87. The minimum absolute atomic E-state index is 0.647. The lowest BCUT2D eigenvalue weighted by molar-refractivity contribution is 1.19. The summed E-state index contributed by atoms with van der Waals surface area (Å²) in [5.41, 5.74) is 4.65. The first-order valence-electron chi connectivity index (χ1n) is 5.73. The van der Waals surface area contributed by atoms with Crippen molar-refractivity contribution in [3.05, 3.63) is 77.4 Å². The smallest absolute Gasteiger partial charge is 0.0750 e. The second-order valence-corrected chi connectivity index (χ2v) is 5.24. The van der Waals surface area contributed by atoms with E-state index in [0.29, 0.717) is 4.20 Å². The van der Waals surface area contributed by atoms with E-state index in [2.05, 4.69) is 49.5 Å². The molecule has 0 aliphatic heterocycles. The van der Waals surface area contributed by atoms with Gasteiger partial charge in [-0.15, -0.1) is 12.6 Å². The Labute approximate surface area is 119 Å². The van der Waals surface area contributed by atoms with Crippen molar-refractivity contribution in [2.45, 2.75) is 6.42 Å². The third-order valence-corrected chi connectivity index (χ3v) is 3.32. The van der Waals surface area contributed by atoms with Gasteiger partial charge in [0.1, 0.15) is 0 Å². The molecule has 0 unspecified atom stereocenters. The van der Waals surface area contributed by atoms with Crippen molar-refractivity contribution >= 4 is 35.1 Å². The molecule has 0 heterocycles. The molecule has 2 aromatic carbocycles. The zero-order chi connectivity index (χ0) is 13.0. The fourth-order valence-corrected chi connectivity index (χ4v) is 2.29.